The van der Waals surface area contributed by atoms with Crippen LogP contribution in [0.15, 0.2) is 29.0 Å². The molecule has 1 unspecified atom stereocenters. The van der Waals surface area contributed by atoms with E-state index >= 15 is 0 Å². The predicted molar refractivity (Wildman–Crippen MR) is 69.0 cm³/mol. The Bertz CT molecular complexity index is 408. The lowest BCUT2D eigenvalue weighted by molar-refractivity contribution is 0.672. The molecule has 0 aliphatic rings. The highest BCUT2D eigenvalue weighted by molar-refractivity contribution is 7.16. The van der Waals surface area contributed by atoms with Gasteiger partial charge in [-0.15, -0.1) is 11.3 Å². The highest BCUT2D eigenvalue weighted by atomic mass is 35.5. The van der Waals surface area contributed by atoms with Crippen LogP contribution in [0, 0.1) is 0 Å². The van der Waals surface area contributed by atoms with E-state index in [0.717, 1.165) is 17.2 Å². The summed E-state index contributed by atoms with van der Waals surface area (Å²) in [4.78, 5) is 1.27. The summed E-state index contributed by atoms with van der Waals surface area (Å²) >= 11 is 9.20. The minimum Gasteiger partial charge on any atom is -0.327 e. The Labute approximate surface area is 103 Å². The lowest BCUT2D eigenvalue weighted by Gasteiger charge is -2.08. The molecule has 2 N–H and O–H groups in total. The molecule has 4 heteroatoms. The Balaban J connectivity index is 1.90. The van der Waals surface area contributed by atoms with E-state index in [4.69, 9.17) is 17.3 Å². The van der Waals surface area contributed by atoms with Gasteiger partial charge >= 0.3 is 0 Å². The quantitative estimate of drug-likeness (QED) is 0.890. The summed E-state index contributed by atoms with van der Waals surface area (Å²) in [7, 11) is 0. The van der Waals surface area contributed by atoms with E-state index in [-0.39, 0.29) is 6.04 Å². The van der Waals surface area contributed by atoms with Crippen molar-refractivity contribution in [1.82, 2.24) is 0 Å². The molecule has 2 aromatic rings. The Kier molecular flexibility index (Phi) is 3.81. The third-order valence-corrected chi connectivity index (χ3v) is 4.16. The highest BCUT2D eigenvalue weighted by Gasteiger charge is 2.07. The molecule has 0 aliphatic carbocycles. The third kappa shape index (κ3) is 3.31. The molecule has 2 rings (SSSR count). The molecular formula is C11H12ClNS2. The third-order valence-electron chi connectivity index (χ3n) is 2.17. The lowest BCUT2D eigenvalue weighted by Crippen LogP contribution is -2.24. The van der Waals surface area contributed by atoms with Gasteiger partial charge in [-0.1, -0.05) is 11.6 Å². The SMILES string of the molecule is NC(Cc1ccsc1)Cc1ccc(Cl)s1. The van der Waals surface area contributed by atoms with Crippen LogP contribution in [0.1, 0.15) is 10.4 Å². The Morgan fingerprint density at radius 3 is 2.73 bits per heavy atom. The summed E-state index contributed by atoms with van der Waals surface area (Å²) in [5, 5.41) is 4.24. The van der Waals surface area contributed by atoms with Gasteiger partial charge in [-0.3, -0.25) is 0 Å². The van der Waals surface area contributed by atoms with Gasteiger partial charge < -0.3 is 5.73 Å². The molecule has 0 aromatic carbocycles. The topological polar surface area (TPSA) is 26.0 Å². The second-order valence-electron chi connectivity index (χ2n) is 3.51. The number of hydrogen-bond acceptors (Lipinski definition) is 3. The highest BCUT2D eigenvalue weighted by Crippen LogP contribution is 2.22. The van der Waals surface area contributed by atoms with Crippen molar-refractivity contribution in [3.8, 4) is 0 Å². The van der Waals surface area contributed by atoms with Gasteiger partial charge in [0, 0.05) is 10.9 Å². The molecule has 1 atom stereocenters. The smallest absolute Gasteiger partial charge is 0.0931 e. The maximum Gasteiger partial charge on any atom is 0.0931 e. The van der Waals surface area contributed by atoms with E-state index in [1.54, 1.807) is 22.7 Å². The predicted octanol–water partition coefficient (Wildman–Crippen LogP) is 3.58. The maximum atomic E-state index is 6.07. The maximum absolute atomic E-state index is 6.07. The zero-order valence-electron chi connectivity index (χ0n) is 8.15. The van der Waals surface area contributed by atoms with Crippen LogP contribution in [-0.2, 0) is 12.8 Å². The van der Waals surface area contributed by atoms with Crippen LogP contribution >= 0.6 is 34.3 Å². The Hall–Kier alpha value is -0.350. The first-order valence-corrected chi connectivity index (χ1v) is 6.88. The summed E-state index contributed by atoms with van der Waals surface area (Å²) in [5.74, 6) is 0. The van der Waals surface area contributed by atoms with Crippen molar-refractivity contribution in [2.24, 2.45) is 5.73 Å². The molecule has 0 radical (unpaired) electrons. The molecule has 0 spiro atoms. The van der Waals surface area contributed by atoms with E-state index < -0.39 is 0 Å². The lowest BCUT2D eigenvalue weighted by atomic mass is 10.1. The number of thiophene rings is 2. The zero-order valence-corrected chi connectivity index (χ0v) is 10.5. The van der Waals surface area contributed by atoms with Crippen molar-refractivity contribution in [3.63, 3.8) is 0 Å². The van der Waals surface area contributed by atoms with Crippen LogP contribution in [0.2, 0.25) is 4.34 Å². The zero-order chi connectivity index (χ0) is 10.7. The largest absolute Gasteiger partial charge is 0.327 e. The number of rotatable bonds is 4. The normalized spacial score (nSPS) is 12.9. The second kappa shape index (κ2) is 5.12. The molecule has 2 aromatic heterocycles. The van der Waals surface area contributed by atoms with Crippen molar-refractivity contribution in [2.75, 3.05) is 0 Å². The van der Waals surface area contributed by atoms with Crippen molar-refractivity contribution in [2.45, 2.75) is 18.9 Å². The van der Waals surface area contributed by atoms with Crippen LogP contribution in [0.5, 0.6) is 0 Å². The van der Waals surface area contributed by atoms with Gasteiger partial charge in [-0.25, -0.2) is 0 Å². The number of halogens is 1. The Morgan fingerprint density at radius 2 is 2.13 bits per heavy atom. The van der Waals surface area contributed by atoms with Gasteiger partial charge in [0.05, 0.1) is 4.34 Å². The van der Waals surface area contributed by atoms with Gasteiger partial charge in [0.15, 0.2) is 0 Å². The van der Waals surface area contributed by atoms with E-state index in [1.807, 2.05) is 6.07 Å². The fourth-order valence-electron chi connectivity index (χ4n) is 1.50. The van der Waals surface area contributed by atoms with Crippen molar-refractivity contribution in [3.05, 3.63) is 43.7 Å². The standard InChI is InChI=1S/C11H12ClNS2/c12-11-2-1-10(15-11)6-9(13)5-8-3-4-14-7-8/h1-4,7,9H,5-6,13H2. The molecule has 2 heterocycles. The minimum absolute atomic E-state index is 0.189. The van der Waals surface area contributed by atoms with Crippen LogP contribution in [0.25, 0.3) is 0 Å². The van der Waals surface area contributed by atoms with Gasteiger partial charge in [0.25, 0.3) is 0 Å². The van der Waals surface area contributed by atoms with Crippen LogP contribution in [-0.4, -0.2) is 6.04 Å². The Morgan fingerprint density at radius 1 is 1.27 bits per heavy atom. The molecule has 15 heavy (non-hydrogen) atoms. The average Bonchev–Trinajstić information content (AvgIpc) is 2.77. The van der Waals surface area contributed by atoms with Gasteiger partial charge in [0.1, 0.15) is 0 Å². The summed E-state index contributed by atoms with van der Waals surface area (Å²) in [6, 6.07) is 6.31. The van der Waals surface area contributed by atoms with Crippen molar-refractivity contribution >= 4 is 34.3 Å². The van der Waals surface area contributed by atoms with E-state index in [2.05, 4.69) is 22.9 Å². The van der Waals surface area contributed by atoms with E-state index in [0.29, 0.717) is 0 Å². The number of nitrogens with two attached hydrogens (primary N) is 1. The molecule has 0 saturated carbocycles. The summed E-state index contributed by atoms with van der Waals surface area (Å²) in [5.41, 5.74) is 7.40. The minimum atomic E-state index is 0.189. The summed E-state index contributed by atoms with van der Waals surface area (Å²) in [6.07, 6.45) is 1.85. The average molecular weight is 258 g/mol. The molecule has 0 amide bonds. The van der Waals surface area contributed by atoms with E-state index in [1.165, 1.54) is 10.4 Å². The molecule has 0 aliphatic heterocycles. The molecule has 0 bridgehead atoms. The molecule has 0 fully saturated rings. The van der Waals surface area contributed by atoms with Gasteiger partial charge in [-0.05, 0) is 47.4 Å². The van der Waals surface area contributed by atoms with E-state index in [9.17, 15) is 0 Å². The molecular weight excluding hydrogens is 246 g/mol. The van der Waals surface area contributed by atoms with Crippen molar-refractivity contribution < 1.29 is 0 Å². The van der Waals surface area contributed by atoms with Crippen LogP contribution in [0.4, 0.5) is 0 Å². The van der Waals surface area contributed by atoms with Crippen molar-refractivity contribution in [1.29, 1.82) is 0 Å². The monoisotopic (exact) mass is 257 g/mol. The molecule has 0 saturated heterocycles. The molecule has 80 valence electrons. The number of hydrogen-bond donors (Lipinski definition) is 1. The van der Waals surface area contributed by atoms with Gasteiger partial charge in [-0.2, -0.15) is 11.3 Å². The second-order valence-corrected chi connectivity index (χ2v) is 6.09. The van der Waals surface area contributed by atoms with Crippen LogP contribution < -0.4 is 5.73 Å². The first-order chi connectivity index (χ1) is 7.24. The van der Waals surface area contributed by atoms with Crippen LogP contribution in [0.3, 0.4) is 0 Å². The summed E-state index contributed by atoms with van der Waals surface area (Å²) in [6.45, 7) is 0. The fourth-order valence-corrected chi connectivity index (χ4v) is 3.37. The first kappa shape index (κ1) is 11.1. The molecule has 1 nitrogen and oxygen atoms in total. The summed E-state index contributed by atoms with van der Waals surface area (Å²) < 4.78 is 0.840. The first-order valence-electron chi connectivity index (χ1n) is 4.75. The fraction of sp³-hybridized carbons (Fsp3) is 0.273. The van der Waals surface area contributed by atoms with Gasteiger partial charge in [0.2, 0.25) is 0 Å².